The standard InChI is InChI=1S/C18H30N2/c1-3-16(17-6-4-8-18(19)14-17)7-5-11-20-12-9-15(2)10-13-20/h4,6,8,14-16H,3,5,7,9-13,19H2,1-2H3. The first-order chi connectivity index (χ1) is 9.69. The van der Waals surface area contributed by atoms with Crippen LogP contribution in [-0.4, -0.2) is 24.5 Å². The Morgan fingerprint density at radius 1 is 1.30 bits per heavy atom. The van der Waals surface area contributed by atoms with Crippen LogP contribution in [0.3, 0.4) is 0 Å². The third-order valence-corrected chi connectivity index (χ3v) is 4.78. The number of nitrogens with zero attached hydrogens (tertiary/aromatic N) is 1. The second-order valence-electron chi connectivity index (χ2n) is 6.44. The van der Waals surface area contributed by atoms with Crippen LogP contribution in [0.1, 0.15) is 57.4 Å². The fourth-order valence-electron chi connectivity index (χ4n) is 3.27. The van der Waals surface area contributed by atoms with Crippen molar-refractivity contribution in [2.75, 3.05) is 25.4 Å². The van der Waals surface area contributed by atoms with Crippen molar-refractivity contribution in [3.05, 3.63) is 29.8 Å². The van der Waals surface area contributed by atoms with Gasteiger partial charge < -0.3 is 10.6 Å². The maximum atomic E-state index is 5.90. The van der Waals surface area contributed by atoms with E-state index in [0.717, 1.165) is 11.6 Å². The quantitative estimate of drug-likeness (QED) is 0.785. The van der Waals surface area contributed by atoms with Crippen molar-refractivity contribution in [1.29, 1.82) is 0 Å². The van der Waals surface area contributed by atoms with E-state index in [2.05, 4.69) is 36.9 Å². The molecule has 0 aromatic heterocycles. The van der Waals surface area contributed by atoms with Crippen LogP contribution in [-0.2, 0) is 0 Å². The molecular weight excluding hydrogens is 244 g/mol. The van der Waals surface area contributed by atoms with Gasteiger partial charge in [-0.3, -0.25) is 0 Å². The number of rotatable bonds is 6. The van der Waals surface area contributed by atoms with Gasteiger partial charge in [-0.25, -0.2) is 0 Å². The average molecular weight is 274 g/mol. The highest BCUT2D eigenvalue weighted by Crippen LogP contribution is 2.26. The summed E-state index contributed by atoms with van der Waals surface area (Å²) in [4.78, 5) is 2.64. The van der Waals surface area contributed by atoms with Gasteiger partial charge in [-0.05, 0) is 81.3 Å². The number of hydrogen-bond acceptors (Lipinski definition) is 2. The molecule has 1 saturated heterocycles. The second kappa shape index (κ2) is 7.68. The number of hydrogen-bond donors (Lipinski definition) is 1. The lowest BCUT2D eigenvalue weighted by molar-refractivity contribution is 0.188. The summed E-state index contributed by atoms with van der Waals surface area (Å²) >= 11 is 0. The van der Waals surface area contributed by atoms with Crippen LogP contribution in [0.4, 0.5) is 5.69 Å². The predicted octanol–water partition coefficient (Wildman–Crippen LogP) is 4.27. The average Bonchev–Trinajstić information content (AvgIpc) is 2.45. The first-order valence-corrected chi connectivity index (χ1v) is 8.26. The van der Waals surface area contributed by atoms with E-state index < -0.39 is 0 Å². The van der Waals surface area contributed by atoms with E-state index in [1.54, 1.807) is 0 Å². The van der Waals surface area contributed by atoms with Gasteiger partial charge >= 0.3 is 0 Å². The summed E-state index contributed by atoms with van der Waals surface area (Å²) in [5.74, 6) is 1.60. The van der Waals surface area contributed by atoms with E-state index in [-0.39, 0.29) is 0 Å². The molecule has 0 amide bonds. The fourth-order valence-corrected chi connectivity index (χ4v) is 3.27. The Labute approximate surface area is 124 Å². The summed E-state index contributed by atoms with van der Waals surface area (Å²) in [6.07, 6.45) is 6.56. The monoisotopic (exact) mass is 274 g/mol. The minimum absolute atomic E-state index is 0.669. The van der Waals surface area contributed by atoms with Crippen molar-refractivity contribution in [3.8, 4) is 0 Å². The maximum Gasteiger partial charge on any atom is 0.0316 e. The Morgan fingerprint density at radius 3 is 2.70 bits per heavy atom. The van der Waals surface area contributed by atoms with E-state index in [1.807, 2.05) is 6.07 Å². The van der Waals surface area contributed by atoms with Gasteiger partial charge in [0, 0.05) is 5.69 Å². The molecule has 2 nitrogen and oxygen atoms in total. The van der Waals surface area contributed by atoms with Crippen LogP contribution in [0.15, 0.2) is 24.3 Å². The van der Waals surface area contributed by atoms with Gasteiger partial charge in [0.2, 0.25) is 0 Å². The van der Waals surface area contributed by atoms with Crippen molar-refractivity contribution in [2.45, 2.75) is 51.9 Å². The van der Waals surface area contributed by atoms with Crippen molar-refractivity contribution in [1.82, 2.24) is 4.90 Å². The molecule has 1 aromatic carbocycles. The topological polar surface area (TPSA) is 29.3 Å². The van der Waals surface area contributed by atoms with Crippen molar-refractivity contribution >= 4 is 5.69 Å². The van der Waals surface area contributed by atoms with Crippen molar-refractivity contribution < 1.29 is 0 Å². The van der Waals surface area contributed by atoms with Crippen LogP contribution in [0.25, 0.3) is 0 Å². The predicted molar refractivity (Wildman–Crippen MR) is 88.0 cm³/mol. The molecule has 0 bridgehead atoms. The molecule has 2 N–H and O–H groups in total. The van der Waals surface area contributed by atoms with Crippen molar-refractivity contribution in [3.63, 3.8) is 0 Å². The molecule has 1 aliphatic heterocycles. The molecule has 1 unspecified atom stereocenters. The zero-order valence-corrected chi connectivity index (χ0v) is 13.1. The van der Waals surface area contributed by atoms with Crippen LogP contribution in [0, 0.1) is 5.92 Å². The van der Waals surface area contributed by atoms with Crippen LogP contribution in [0.2, 0.25) is 0 Å². The maximum absolute atomic E-state index is 5.90. The highest BCUT2D eigenvalue weighted by molar-refractivity contribution is 5.41. The number of piperidine rings is 1. The van der Waals surface area contributed by atoms with E-state index in [9.17, 15) is 0 Å². The SMILES string of the molecule is CCC(CCCN1CCC(C)CC1)c1cccc(N)c1. The zero-order chi connectivity index (χ0) is 14.4. The molecule has 20 heavy (non-hydrogen) atoms. The molecule has 1 atom stereocenters. The highest BCUT2D eigenvalue weighted by atomic mass is 15.1. The van der Waals surface area contributed by atoms with Gasteiger partial charge in [0.15, 0.2) is 0 Å². The smallest absolute Gasteiger partial charge is 0.0316 e. The van der Waals surface area contributed by atoms with E-state index in [1.165, 1.54) is 57.3 Å². The molecule has 1 aromatic rings. The summed E-state index contributed by atoms with van der Waals surface area (Å²) in [5, 5.41) is 0. The number of nitrogen functional groups attached to an aromatic ring is 1. The Bertz CT molecular complexity index is 394. The molecule has 1 fully saturated rings. The second-order valence-corrected chi connectivity index (χ2v) is 6.44. The van der Waals surface area contributed by atoms with Gasteiger partial charge in [0.05, 0.1) is 0 Å². The molecule has 2 rings (SSSR count). The van der Waals surface area contributed by atoms with Gasteiger partial charge in [-0.1, -0.05) is 26.0 Å². The van der Waals surface area contributed by atoms with Crippen molar-refractivity contribution in [2.24, 2.45) is 5.92 Å². The highest BCUT2D eigenvalue weighted by Gasteiger charge is 2.16. The summed E-state index contributed by atoms with van der Waals surface area (Å²) in [5.41, 5.74) is 8.21. The molecule has 0 radical (unpaired) electrons. The minimum atomic E-state index is 0.669. The zero-order valence-electron chi connectivity index (χ0n) is 13.1. The molecule has 1 aliphatic rings. The lowest BCUT2D eigenvalue weighted by Crippen LogP contribution is -2.33. The van der Waals surface area contributed by atoms with Crippen LogP contribution in [0.5, 0.6) is 0 Å². The number of anilines is 1. The molecule has 0 aliphatic carbocycles. The van der Waals surface area contributed by atoms with Gasteiger partial charge in [-0.15, -0.1) is 0 Å². The van der Waals surface area contributed by atoms with E-state index in [4.69, 9.17) is 5.73 Å². The molecule has 112 valence electrons. The minimum Gasteiger partial charge on any atom is -0.399 e. The Hall–Kier alpha value is -1.02. The first kappa shape index (κ1) is 15.4. The molecule has 1 heterocycles. The van der Waals surface area contributed by atoms with E-state index in [0.29, 0.717) is 5.92 Å². The van der Waals surface area contributed by atoms with Gasteiger partial charge in [0.25, 0.3) is 0 Å². The third kappa shape index (κ3) is 4.52. The molecule has 0 saturated carbocycles. The fraction of sp³-hybridized carbons (Fsp3) is 0.667. The summed E-state index contributed by atoms with van der Waals surface area (Å²) in [6, 6.07) is 8.44. The lowest BCUT2D eigenvalue weighted by Gasteiger charge is -2.30. The summed E-state index contributed by atoms with van der Waals surface area (Å²) in [7, 11) is 0. The van der Waals surface area contributed by atoms with Crippen LogP contribution >= 0.6 is 0 Å². The number of nitrogens with two attached hydrogens (primary N) is 1. The Kier molecular flexibility index (Phi) is 5.90. The largest absolute Gasteiger partial charge is 0.399 e. The third-order valence-electron chi connectivity index (χ3n) is 4.78. The molecular formula is C18H30N2. The molecule has 0 spiro atoms. The van der Waals surface area contributed by atoms with Gasteiger partial charge in [0.1, 0.15) is 0 Å². The Morgan fingerprint density at radius 2 is 2.05 bits per heavy atom. The normalized spacial score (nSPS) is 19.1. The number of likely N-dealkylation sites (tertiary alicyclic amines) is 1. The Balaban J connectivity index is 1.76. The number of benzene rings is 1. The summed E-state index contributed by atoms with van der Waals surface area (Å²) in [6.45, 7) is 8.54. The first-order valence-electron chi connectivity index (χ1n) is 8.26. The van der Waals surface area contributed by atoms with Crippen LogP contribution < -0.4 is 5.73 Å². The summed E-state index contributed by atoms with van der Waals surface area (Å²) < 4.78 is 0. The molecule has 2 heteroatoms. The van der Waals surface area contributed by atoms with Gasteiger partial charge in [-0.2, -0.15) is 0 Å². The lowest BCUT2D eigenvalue weighted by atomic mass is 9.91. The van der Waals surface area contributed by atoms with E-state index >= 15 is 0 Å².